The van der Waals surface area contributed by atoms with Crippen LogP contribution in [0.2, 0.25) is 0 Å². The first-order chi connectivity index (χ1) is 13.9. The second-order valence-electron chi connectivity index (χ2n) is 7.57. The highest BCUT2D eigenvalue weighted by Crippen LogP contribution is 2.57. The minimum Gasteiger partial charge on any atom is -0.385 e. The SMILES string of the molecule is C[C@@]1(F)CC(F)(F)[C@]2(Cc3ccc(NC(=O)c4cnc(C(F)F)cn4)cc32)N=C1N. The van der Waals surface area contributed by atoms with Gasteiger partial charge in [0.15, 0.2) is 11.2 Å². The molecule has 0 fully saturated rings. The number of carbonyl (C=O) groups excluding carboxylic acids is 1. The first kappa shape index (κ1) is 20.2. The van der Waals surface area contributed by atoms with Gasteiger partial charge in [-0.15, -0.1) is 0 Å². The summed E-state index contributed by atoms with van der Waals surface area (Å²) in [6.45, 7) is 0.961. The van der Waals surface area contributed by atoms with E-state index in [0.717, 1.165) is 19.3 Å². The van der Waals surface area contributed by atoms with Crippen molar-refractivity contribution in [2.24, 2.45) is 10.7 Å². The molecular weight excluding hydrogens is 409 g/mol. The third kappa shape index (κ3) is 2.99. The van der Waals surface area contributed by atoms with Crippen molar-refractivity contribution >= 4 is 17.4 Å². The van der Waals surface area contributed by atoms with Gasteiger partial charge in [0.05, 0.1) is 18.8 Å². The monoisotopic (exact) mass is 425 g/mol. The molecular formula is C19H16F5N5O. The van der Waals surface area contributed by atoms with Crippen LogP contribution in [0.5, 0.6) is 0 Å². The number of alkyl halides is 5. The summed E-state index contributed by atoms with van der Waals surface area (Å²) < 4.78 is 69.1. The molecule has 1 aliphatic heterocycles. The molecule has 11 heteroatoms. The fraction of sp³-hybridized carbons (Fsp3) is 0.368. The van der Waals surface area contributed by atoms with E-state index in [0.29, 0.717) is 5.56 Å². The number of aliphatic imine (C=N–C) groups is 1. The number of amidine groups is 1. The van der Waals surface area contributed by atoms with Crippen molar-refractivity contribution in [1.82, 2.24) is 9.97 Å². The Morgan fingerprint density at radius 1 is 1.20 bits per heavy atom. The number of aromatic nitrogens is 2. The highest BCUT2D eigenvalue weighted by atomic mass is 19.3. The summed E-state index contributed by atoms with van der Waals surface area (Å²) in [5.41, 5.74) is 1.28. The Bertz CT molecular complexity index is 1050. The van der Waals surface area contributed by atoms with Crippen LogP contribution in [0.25, 0.3) is 0 Å². The normalized spacial score (nSPS) is 26.7. The Morgan fingerprint density at radius 2 is 1.93 bits per heavy atom. The Labute approximate surface area is 167 Å². The smallest absolute Gasteiger partial charge is 0.281 e. The average molecular weight is 425 g/mol. The van der Waals surface area contributed by atoms with Crippen LogP contribution >= 0.6 is 0 Å². The number of anilines is 1. The fourth-order valence-electron chi connectivity index (χ4n) is 3.70. The highest BCUT2D eigenvalue weighted by molar-refractivity contribution is 6.02. The van der Waals surface area contributed by atoms with Crippen LogP contribution in [-0.2, 0) is 12.0 Å². The standard InChI is InChI=1S/C19H16F5N5O/c1-17(22)8-19(23,24)18(29-16(17)25)5-9-2-3-10(4-11(9)18)28-15(30)13-7-26-12(6-27-13)14(20)21/h2-4,6-7,14H,5,8H2,1H3,(H2,25,29)(H,28,30)/t17-,18-/m1/s1. The largest absolute Gasteiger partial charge is 0.385 e. The van der Waals surface area contributed by atoms with E-state index in [1.54, 1.807) is 6.07 Å². The lowest BCUT2D eigenvalue weighted by Crippen LogP contribution is -2.61. The molecule has 2 heterocycles. The van der Waals surface area contributed by atoms with Gasteiger partial charge in [0.1, 0.15) is 17.2 Å². The maximum atomic E-state index is 14.8. The third-order valence-electron chi connectivity index (χ3n) is 5.39. The molecule has 4 rings (SSSR count). The molecule has 1 aromatic heterocycles. The third-order valence-corrected chi connectivity index (χ3v) is 5.39. The van der Waals surface area contributed by atoms with E-state index >= 15 is 0 Å². The summed E-state index contributed by atoms with van der Waals surface area (Å²) in [4.78, 5) is 23.2. The average Bonchev–Trinajstić information content (AvgIpc) is 2.65. The number of amides is 1. The molecule has 0 radical (unpaired) electrons. The lowest BCUT2D eigenvalue weighted by atomic mass is 9.63. The number of fused-ring (bicyclic) bond motifs is 2. The summed E-state index contributed by atoms with van der Waals surface area (Å²) in [6, 6.07) is 4.37. The number of nitrogens with zero attached hydrogens (tertiary/aromatic N) is 3. The van der Waals surface area contributed by atoms with Crippen LogP contribution in [0.3, 0.4) is 0 Å². The topological polar surface area (TPSA) is 93.3 Å². The summed E-state index contributed by atoms with van der Waals surface area (Å²) >= 11 is 0. The van der Waals surface area contributed by atoms with Gasteiger partial charge in [0.2, 0.25) is 0 Å². The van der Waals surface area contributed by atoms with Crippen LogP contribution in [0.15, 0.2) is 35.6 Å². The molecule has 30 heavy (non-hydrogen) atoms. The summed E-state index contributed by atoms with van der Waals surface area (Å²) in [7, 11) is 0. The number of benzene rings is 1. The minimum atomic E-state index is -3.48. The van der Waals surface area contributed by atoms with Crippen molar-refractivity contribution in [3.63, 3.8) is 0 Å². The molecule has 2 atom stereocenters. The molecule has 1 spiro atoms. The number of nitrogens with two attached hydrogens (primary N) is 1. The van der Waals surface area contributed by atoms with Gasteiger partial charge in [-0.05, 0) is 30.2 Å². The maximum absolute atomic E-state index is 14.8. The predicted octanol–water partition coefficient (Wildman–Crippen LogP) is 3.54. The Morgan fingerprint density at radius 3 is 2.57 bits per heavy atom. The Hall–Kier alpha value is -3.11. The molecule has 1 aliphatic carbocycles. The van der Waals surface area contributed by atoms with Crippen LogP contribution < -0.4 is 11.1 Å². The van der Waals surface area contributed by atoms with Gasteiger partial charge < -0.3 is 11.1 Å². The number of carbonyl (C=O) groups is 1. The van der Waals surface area contributed by atoms with Crippen LogP contribution in [0, 0.1) is 0 Å². The molecule has 2 aromatic rings. The zero-order chi connectivity index (χ0) is 21.9. The second kappa shape index (κ2) is 6.44. The van der Waals surface area contributed by atoms with Gasteiger partial charge in [0, 0.05) is 12.1 Å². The number of nitrogens with one attached hydrogen (secondary N) is 1. The first-order valence-corrected chi connectivity index (χ1v) is 8.93. The highest BCUT2D eigenvalue weighted by Gasteiger charge is 2.66. The van der Waals surface area contributed by atoms with E-state index in [2.05, 4.69) is 20.3 Å². The summed E-state index contributed by atoms with van der Waals surface area (Å²) in [5, 5.41) is 2.46. The number of hydrogen-bond acceptors (Lipinski definition) is 5. The van der Waals surface area contributed by atoms with E-state index in [1.165, 1.54) is 12.1 Å². The van der Waals surface area contributed by atoms with Gasteiger partial charge in [-0.1, -0.05) is 6.07 Å². The van der Waals surface area contributed by atoms with E-state index in [1.807, 2.05) is 0 Å². The van der Waals surface area contributed by atoms with Gasteiger partial charge in [0.25, 0.3) is 18.3 Å². The van der Waals surface area contributed by atoms with Crippen molar-refractivity contribution in [1.29, 1.82) is 0 Å². The predicted molar refractivity (Wildman–Crippen MR) is 97.5 cm³/mol. The van der Waals surface area contributed by atoms with E-state index < -0.39 is 47.4 Å². The quantitative estimate of drug-likeness (QED) is 0.736. The summed E-state index contributed by atoms with van der Waals surface area (Å²) in [5.74, 6) is -4.74. The van der Waals surface area contributed by atoms with Crippen molar-refractivity contribution < 1.29 is 26.7 Å². The second-order valence-corrected chi connectivity index (χ2v) is 7.57. The van der Waals surface area contributed by atoms with E-state index in [-0.39, 0.29) is 23.4 Å². The lowest BCUT2D eigenvalue weighted by Gasteiger charge is -2.50. The zero-order valence-electron chi connectivity index (χ0n) is 15.6. The van der Waals surface area contributed by atoms with Crippen molar-refractivity contribution in [2.75, 3.05) is 5.32 Å². The van der Waals surface area contributed by atoms with Crippen molar-refractivity contribution in [3.05, 3.63) is 53.1 Å². The minimum absolute atomic E-state index is 0.110. The van der Waals surface area contributed by atoms with E-state index in [4.69, 9.17) is 5.73 Å². The maximum Gasteiger partial charge on any atom is 0.281 e. The molecule has 1 aromatic carbocycles. The number of hydrogen-bond donors (Lipinski definition) is 2. The molecule has 0 saturated heterocycles. The lowest BCUT2D eigenvalue weighted by molar-refractivity contribution is -0.120. The van der Waals surface area contributed by atoms with Gasteiger partial charge in [-0.3, -0.25) is 14.8 Å². The number of halogens is 5. The number of rotatable bonds is 3. The fourth-order valence-corrected chi connectivity index (χ4v) is 3.70. The van der Waals surface area contributed by atoms with Gasteiger partial charge >= 0.3 is 0 Å². The van der Waals surface area contributed by atoms with Crippen molar-refractivity contribution in [3.8, 4) is 0 Å². The van der Waals surface area contributed by atoms with E-state index in [9.17, 15) is 26.7 Å². The molecule has 0 bridgehead atoms. The summed E-state index contributed by atoms with van der Waals surface area (Å²) in [6.07, 6.45) is -2.37. The molecule has 6 nitrogen and oxygen atoms in total. The molecule has 0 saturated carbocycles. The zero-order valence-corrected chi connectivity index (χ0v) is 15.6. The van der Waals surface area contributed by atoms with Crippen LogP contribution in [0.4, 0.5) is 27.6 Å². The molecule has 158 valence electrons. The Balaban J connectivity index is 1.62. The van der Waals surface area contributed by atoms with Crippen LogP contribution in [-0.4, -0.2) is 33.3 Å². The molecule has 1 amide bonds. The Kier molecular flexibility index (Phi) is 4.33. The molecule has 2 aliphatic rings. The van der Waals surface area contributed by atoms with Crippen molar-refractivity contribution in [2.45, 2.75) is 43.3 Å². The van der Waals surface area contributed by atoms with Crippen LogP contribution in [0.1, 0.15) is 47.1 Å². The molecule has 0 unspecified atom stereocenters. The first-order valence-electron chi connectivity index (χ1n) is 8.93. The van der Waals surface area contributed by atoms with Gasteiger partial charge in [-0.2, -0.15) is 0 Å². The molecule has 3 N–H and O–H groups in total. The van der Waals surface area contributed by atoms with Gasteiger partial charge in [-0.25, -0.2) is 26.9 Å².